The van der Waals surface area contributed by atoms with Gasteiger partial charge in [0.1, 0.15) is 11.9 Å². The Balaban J connectivity index is 2.28. The van der Waals surface area contributed by atoms with E-state index in [4.69, 9.17) is 32.7 Å². The Morgan fingerprint density at radius 3 is 2.65 bits per heavy atom. The summed E-state index contributed by atoms with van der Waals surface area (Å²) in [6, 6.07) is 8.63. The number of hydrogen-bond donors (Lipinski definition) is 0. The van der Waals surface area contributed by atoms with Gasteiger partial charge in [-0.25, -0.2) is 0 Å². The van der Waals surface area contributed by atoms with Gasteiger partial charge in [-0.2, -0.15) is 0 Å². The zero-order valence-electron chi connectivity index (χ0n) is 12.8. The fraction of sp³-hybridized carbons (Fsp3) is 0.294. The fourth-order valence-corrected chi connectivity index (χ4v) is 2.63. The lowest BCUT2D eigenvalue weighted by molar-refractivity contribution is -0.152. The van der Waals surface area contributed by atoms with E-state index in [1.54, 1.807) is 36.7 Å². The van der Waals surface area contributed by atoms with Crippen LogP contribution in [-0.2, 0) is 9.53 Å². The van der Waals surface area contributed by atoms with Crippen molar-refractivity contribution < 1.29 is 14.3 Å². The first kappa shape index (κ1) is 17.6. The van der Waals surface area contributed by atoms with E-state index in [1.165, 1.54) is 6.92 Å². The van der Waals surface area contributed by atoms with Crippen LogP contribution in [0.1, 0.15) is 31.9 Å². The highest BCUT2D eigenvalue weighted by atomic mass is 35.5. The second kappa shape index (κ2) is 8.18. The summed E-state index contributed by atoms with van der Waals surface area (Å²) in [6.07, 6.45) is 2.96. The molecule has 23 heavy (non-hydrogen) atoms. The minimum absolute atomic E-state index is 0.386. The molecule has 0 bridgehead atoms. The number of nitrogens with zero attached hydrogens (tertiary/aromatic N) is 1. The number of hydrogen-bond acceptors (Lipinski definition) is 4. The quantitative estimate of drug-likeness (QED) is 0.696. The Morgan fingerprint density at radius 2 is 2.09 bits per heavy atom. The van der Waals surface area contributed by atoms with Crippen molar-refractivity contribution in [2.75, 3.05) is 0 Å². The molecule has 0 aliphatic heterocycles. The Bertz CT molecular complexity index is 664. The van der Waals surface area contributed by atoms with E-state index < -0.39 is 12.2 Å². The third-order valence-electron chi connectivity index (χ3n) is 3.22. The topological polar surface area (TPSA) is 48.4 Å². The van der Waals surface area contributed by atoms with Crippen LogP contribution >= 0.6 is 23.2 Å². The van der Waals surface area contributed by atoms with Crippen molar-refractivity contribution >= 4 is 29.2 Å². The molecular weight excluding hydrogens is 337 g/mol. The van der Waals surface area contributed by atoms with Gasteiger partial charge >= 0.3 is 5.97 Å². The molecule has 4 nitrogen and oxygen atoms in total. The van der Waals surface area contributed by atoms with E-state index in [1.807, 2.05) is 13.0 Å². The lowest BCUT2D eigenvalue weighted by Crippen LogP contribution is -2.28. The maximum Gasteiger partial charge on any atom is 0.303 e. The molecule has 0 spiro atoms. The summed E-state index contributed by atoms with van der Waals surface area (Å²) in [6.45, 7) is 3.31. The predicted octanol–water partition coefficient (Wildman–Crippen LogP) is 4.85. The molecule has 2 atom stereocenters. The van der Waals surface area contributed by atoms with Crippen molar-refractivity contribution in [2.24, 2.45) is 0 Å². The first-order valence-corrected chi connectivity index (χ1v) is 7.95. The van der Waals surface area contributed by atoms with Crippen LogP contribution in [-0.4, -0.2) is 17.1 Å². The Labute approximate surface area is 145 Å². The number of ether oxygens (including phenoxy) is 2. The number of halogens is 2. The molecule has 2 rings (SSSR count). The van der Waals surface area contributed by atoms with Crippen LogP contribution < -0.4 is 4.74 Å². The normalized spacial score (nSPS) is 13.2. The Morgan fingerprint density at radius 1 is 1.30 bits per heavy atom. The molecule has 2 aromatic rings. The number of aromatic nitrogens is 1. The summed E-state index contributed by atoms with van der Waals surface area (Å²) >= 11 is 12.1. The summed E-state index contributed by atoms with van der Waals surface area (Å²) in [5.41, 5.74) is 0.764. The summed E-state index contributed by atoms with van der Waals surface area (Å²) in [4.78, 5) is 15.5. The van der Waals surface area contributed by atoms with Gasteiger partial charge in [-0.05, 0) is 30.7 Å². The molecular formula is C17H17Cl2NO3. The van der Waals surface area contributed by atoms with Gasteiger partial charge in [-0.3, -0.25) is 9.78 Å². The minimum Gasteiger partial charge on any atom is -0.485 e. The Hall–Kier alpha value is -1.78. The highest BCUT2D eigenvalue weighted by Gasteiger charge is 2.27. The van der Waals surface area contributed by atoms with Crippen LogP contribution in [0, 0.1) is 0 Å². The predicted molar refractivity (Wildman–Crippen MR) is 89.9 cm³/mol. The van der Waals surface area contributed by atoms with Crippen molar-refractivity contribution in [1.82, 2.24) is 4.98 Å². The highest BCUT2D eigenvalue weighted by molar-refractivity contribution is 6.35. The van der Waals surface area contributed by atoms with Gasteiger partial charge in [0, 0.05) is 29.9 Å². The second-order valence-electron chi connectivity index (χ2n) is 4.96. The highest BCUT2D eigenvalue weighted by Crippen LogP contribution is 2.32. The van der Waals surface area contributed by atoms with Crippen molar-refractivity contribution in [3.63, 3.8) is 0 Å². The zero-order valence-corrected chi connectivity index (χ0v) is 14.3. The van der Waals surface area contributed by atoms with E-state index in [9.17, 15) is 4.79 Å². The number of esters is 1. The lowest BCUT2D eigenvalue weighted by atomic mass is 10.0. The van der Waals surface area contributed by atoms with Gasteiger partial charge in [-0.1, -0.05) is 36.2 Å². The van der Waals surface area contributed by atoms with Crippen LogP contribution in [0.4, 0.5) is 0 Å². The number of carbonyl (C=O) groups excluding carboxylic acids is 1. The minimum atomic E-state index is -0.571. The average Bonchev–Trinajstić information content (AvgIpc) is 2.53. The summed E-state index contributed by atoms with van der Waals surface area (Å²) < 4.78 is 11.4. The van der Waals surface area contributed by atoms with E-state index in [2.05, 4.69) is 4.98 Å². The van der Waals surface area contributed by atoms with Crippen molar-refractivity contribution in [2.45, 2.75) is 32.5 Å². The monoisotopic (exact) mass is 353 g/mol. The molecule has 0 radical (unpaired) electrons. The van der Waals surface area contributed by atoms with Crippen LogP contribution in [0.15, 0.2) is 42.7 Å². The molecule has 1 heterocycles. The molecule has 0 saturated carbocycles. The molecule has 6 heteroatoms. The van der Waals surface area contributed by atoms with Gasteiger partial charge < -0.3 is 9.47 Å². The van der Waals surface area contributed by atoms with E-state index in [0.29, 0.717) is 22.2 Å². The van der Waals surface area contributed by atoms with E-state index in [-0.39, 0.29) is 5.97 Å². The molecule has 0 amide bonds. The number of benzene rings is 1. The standard InChI is InChI=1S/C17H17Cl2NO3/c1-3-15(23-16-7-6-13(18)9-14(16)19)17(22-11(2)21)12-5-4-8-20-10-12/h4-10,15,17H,3H2,1-2H3. The van der Waals surface area contributed by atoms with Crippen LogP contribution in [0.25, 0.3) is 0 Å². The summed E-state index contributed by atoms with van der Waals surface area (Å²) in [5, 5.41) is 0.933. The molecule has 122 valence electrons. The van der Waals surface area contributed by atoms with Gasteiger partial charge in [0.25, 0.3) is 0 Å². The van der Waals surface area contributed by atoms with Gasteiger partial charge in [0.05, 0.1) is 5.02 Å². The number of pyridine rings is 1. The fourth-order valence-electron chi connectivity index (χ4n) is 2.17. The van der Waals surface area contributed by atoms with Gasteiger partial charge in [-0.15, -0.1) is 0 Å². The zero-order chi connectivity index (χ0) is 16.8. The van der Waals surface area contributed by atoms with Crippen molar-refractivity contribution in [3.05, 3.63) is 58.3 Å². The SMILES string of the molecule is CCC(Oc1ccc(Cl)cc1Cl)C(OC(C)=O)c1cccnc1. The van der Waals surface area contributed by atoms with E-state index >= 15 is 0 Å². The maximum atomic E-state index is 11.5. The van der Waals surface area contributed by atoms with Crippen LogP contribution in [0.5, 0.6) is 5.75 Å². The van der Waals surface area contributed by atoms with E-state index in [0.717, 1.165) is 5.56 Å². The van der Waals surface area contributed by atoms with Crippen LogP contribution in [0.2, 0.25) is 10.0 Å². The maximum absolute atomic E-state index is 11.5. The van der Waals surface area contributed by atoms with Crippen molar-refractivity contribution in [1.29, 1.82) is 0 Å². The third kappa shape index (κ3) is 4.85. The largest absolute Gasteiger partial charge is 0.485 e. The van der Waals surface area contributed by atoms with Crippen molar-refractivity contribution in [3.8, 4) is 5.75 Å². The molecule has 0 fully saturated rings. The molecule has 1 aromatic carbocycles. The third-order valence-corrected chi connectivity index (χ3v) is 3.75. The molecule has 1 aromatic heterocycles. The Kier molecular flexibility index (Phi) is 6.25. The molecule has 0 saturated heterocycles. The second-order valence-corrected chi connectivity index (χ2v) is 5.80. The number of carbonyl (C=O) groups is 1. The molecule has 0 aliphatic carbocycles. The molecule has 0 aliphatic rings. The molecule has 0 N–H and O–H groups in total. The smallest absolute Gasteiger partial charge is 0.303 e. The average molecular weight is 354 g/mol. The molecule has 2 unspecified atom stereocenters. The van der Waals surface area contributed by atoms with Gasteiger partial charge in [0.15, 0.2) is 6.10 Å². The number of rotatable bonds is 6. The first-order valence-electron chi connectivity index (χ1n) is 7.20. The summed E-state index contributed by atoms with van der Waals surface area (Å²) in [5.74, 6) is 0.104. The lowest BCUT2D eigenvalue weighted by Gasteiger charge is -2.27. The van der Waals surface area contributed by atoms with Crippen LogP contribution in [0.3, 0.4) is 0 Å². The summed E-state index contributed by atoms with van der Waals surface area (Å²) in [7, 11) is 0. The van der Waals surface area contributed by atoms with Gasteiger partial charge in [0.2, 0.25) is 0 Å². The first-order chi connectivity index (χ1) is 11.0.